The summed E-state index contributed by atoms with van der Waals surface area (Å²) in [6.07, 6.45) is 3.32. The van der Waals surface area contributed by atoms with Crippen molar-refractivity contribution in [1.82, 2.24) is 14.5 Å². The lowest BCUT2D eigenvalue weighted by Crippen LogP contribution is -2.25. The Kier molecular flexibility index (Phi) is 4.64. The highest BCUT2D eigenvalue weighted by atomic mass is 32.2. The number of nitrogens with zero attached hydrogens (tertiary/aromatic N) is 3. The first-order chi connectivity index (χ1) is 13.1. The number of hydrogen-bond donors (Lipinski definition) is 0. The van der Waals surface area contributed by atoms with Crippen molar-refractivity contribution in [2.45, 2.75) is 17.8 Å². The summed E-state index contributed by atoms with van der Waals surface area (Å²) in [5.74, 6) is 0.263. The van der Waals surface area contributed by atoms with Crippen LogP contribution in [0.5, 0.6) is 0 Å². The molecule has 0 saturated heterocycles. The highest BCUT2D eigenvalue weighted by molar-refractivity contribution is 7.84. The summed E-state index contributed by atoms with van der Waals surface area (Å²) in [7, 11) is -1.50. The number of aryl methyl sites for hydroxylation is 1. The molecule has 0 aliphatic heterocycles. The molecule has 6 heteroatoms. The summed E-state index contributed by atoms with van der Waals surface area (Å²) in [5, 5.41) is 0.772. The second-order valence-electron chi connectivity index (χ2n) is 6.19. The molecule has 0 spiro atoms. The van der Waals surface area contributed by atoms with E-state index in [1.54, 1.807) is 18.5 Å². The van der Waals surface area contributed by atoms with E-state index >= 15 is 0 Å². The zero-order valence-electron chi connectivity index (χ0n) is 14.7. The van der Waals surface area contributed by atoms with Gasteiger partial charge in [0, 0.05) is 12.4 Å². The normalized spacial score (nSPS) is 12.2. The van der Waals surface area contributed by atoms with Crippen molar-refractivity contribution in [1.29, 1.82) is 0 Å². The minimum atomic E-state index is -1.50. The zero-order chi connectivity index (χ0) is 18.8. The van der Waals surface area contributed by atoms with Crippen LogP contribution in [0.15, 0.2) is 83.0 Å². The maximum atomic E-state index is 13.2. The molecule has 0 fully saturated rings. The molecule has 4 rings (SSSR count). The summed E-state index contributed by atoms with van der Waals surface area (Å²) < 4.78 is 14.6. The Bertz CT molecular complexity index is 1190. The summed E-state index contributed by atoms with van der Waals surface area (Å²) in [6, 6.07) is 18.3. The van der Waals surface area contributed by atoms with Crippen molar-refractivity contribution in [3.05, 3.63) is 94.5 Å². The molecule has 0 saturated carbocycles. The van der Waals surface area contributed by atoms with Gasteiger partial charge >= 0.3 is 0 Å². The quantitative estimate of drug-likeness (QED) is 0.513. The Balaban J connectivity index is 1.96. The Morgan fingerprint density at radius 3 is 2.44 bits per heavy atom. The van der Waals surface area contributed by atoms with E-state index in [0.717, 1.165) is 11.1 Å². The fourth-order valence-electron chi connectivity index (χ4n) is 2.99. The Morgan fingerprint density at radius 2 is 1.70 bits per heavy atom. The first-order valence-electron chi connectivity index (χ1n) is 8.50. The number of fused-ring (bicyclic) bond motifs is 1. The fraction of sp³-hybridized carbons (Fsp3) is 0.0952. The maximum Gasteiger partial charge on any atom is 0.266 e. The highest BCUT2D eigenvalue weighted by Gasteiger charge is 2.18. The second-order valence-corrected chi connectivity index (χ2v) is 7.53. The van der Waals surface area contributed by atoms with Crippen LogP contribution in [0.2, 0.25) is 0 Å². The molecule has 0 N–H and O–H groups in total. The smallest absolute Gasteiger partial charge is 0.266 e. The molecule has 0 bridgehead atoms. The van der Waals surface area contributed by atoms with Gasteiger partial charge in [-0.1, -0.05) is 30.3 Å². The predicted octanol–water partition coefficient (Wildman–Crippen LogP) is 3.40. The molecule has 2 aromatic heterocycles. The lowest BCUT2D eigenvalue weighted by molar-refractivity contribution is 0.667. The molecule has 0 aliphatic rings. The highest BCUT2D eigenvalue weighted by Crippen LogP contribution is 2.19. The van der Waals surface area contributed by atoms with Gasteiger partial charge in [-0.3, -0.25) is 18.6 Å². The molecular formula is C21H17N3O2S. The van der Waals surface area contributed by atoms with Crippen LogP contribution in [0.3, 0.4) is 0 Å². The second kappa shape index (κ2) is 7.25. The Morgan fingerprint density at radius 1 is 0.963 bits per heavy atom. The third-order valence-corrected chi connectivity index (χ3v) is 5.61. The molecule has 134 valence electrons. The van der Waals surface area contributed by atoms with Gasteiger partial charge in [-0.05, 0) is 48.4 Å². The SMILES string of the molecule is Cc1cccc2c(=O)n(-c3ccccc3)c(S(=O)Cc3ccncc3)nc12. The molecule has 5 nitrogen and oxygen atoms in total. The van der Waals surface area contributed by atoms with Crippen LogP contribution < -0.4 is 5.56 Å². The van der Waals surface area contributed by atoms with Crippen molar-refractivity contribution in [2.75, 3.05) is 0 Å². The van der Waals surface area contributed by atoms with E-state index in [-0.39, 0.29) is 16.5 Å². The molecule has 4 aromatic rings. The third kappa shape index (κ3) is 3.31. The third-order valence-electron chi connectivity index (χ3n) is 4.34. The van der Waals surface area contributed by atoms with Gasteiger partial charge in [0.05, 0.1) is 33.1 Å². The van der Waals surface area contributed by atoms with Crippen molar-refractivity contribution < 1.29 is 4.21 Å². The average Bonchev–Trinajstić information content (AvgIpc) is 2.70. The van der Waals surface area contributed by atoms with Crippen LogP contribution >= 0.6 is 0 Å². The number of benzene rings is 2. The lowest BCUT2D eigenvalue weighted by Gasteiger charge is -2.14. The monoisotopic (exact) mass is 375 g/mol. The Hall–Kier alpha value is -3.12. The van der Waals surface area contributed by atoms with E-state index in [4.69, 9.17) is 0 Å². The van der Waals surface area contributed by atoms with E-state index in [1.165, 1.54) is 4.57 Å². The molecule has 1 atom stereocenters. The lowest BCUT2D eigenvalue weighted by atomic mass is 10.1. The van der Waals surface area contributed by atoms with E-state index < -0.39 is 10.8 Å². The van der Waals surface area contributed by atoms with Gasteiger partial charge in [0.15, 0.2) is 0 Å². The first kappa shape index (κ1) is 17.3. The van der Waals surface area contributed by atoms with Crippen molar-refractivity contribution in [2.24, 2.45) is 0 Å². The predicted molar refractivity (Wildman–Crippen MR) is 106 cm³/mol. The molecule has 2 aromatic carbocycles. The zero-order valence-corrected chi connectivity index (χ0v) is 15.5. The van der Waals surface area contributed by atoms with Crippen LogP contribution in [-0.2, 0) is 16.6 Å². The number of aromatic nitrogens is 3. The van der Waals surface area contributed by atoms with Gasteiger partial charge in [-0.2, -0.15) is 0 Å². The number of pyridine rings is 1. The molecule has 0 aliphatic carbocycles. The molecule has 2 heterocycles. The molecule has 1 unspecified atom stereocenters. The number of para-hydroxylation sites is 2. The van der Waals surface area contributed by atoms with E-state index in [0.29, 0.717) is 16.6 Å². The molecule has 27 heavy (non-hydrogen) atoms. The van der Waals surface area contributed by atoms with E-state index in [9.17, 15) is 9.00 Å². The van der Waals surface area contributed by atoms with E-state index in [1.807, 2.05) is 61.5 Å². The molecular weight excluding hydrogens is 358 g/mol. The molecule has 0 radical (unpaired) electrons. The molecule has 0 amide bonds. The minimum absolute atomic E-state index is 0.215. The van der Waals surface area contributed by atoms with Crippen molar-refractivity contribution in [3.63, 3.8) is 0 Å². The van der Waals surface area contributed by atoms with Crippen LogP contribution in [-0.4, -0.2) is 18.7 Å². The first-order valence-corrected chi connectivity index (χ1v) is 9.82. The van der Waals surface area contributed by atoms with Crippen molar-refractivity contribution >= 4 is 21.7 Å². The van der Waals surface area contributed by atoms with Gasteiger partial charge in [-0.15, -0.1) is 0 Å². The summed E-state index contributed by atoms with van der Waals surface area (Å²) >= 11 is 0. The minimum Gasteiger partial charge on any atom is -0.268 e. The number of rotatable bonds is 4. The fourth-order valence-corrected chi connectivity index (χ4v) is 4.19. The summed E-state index contributed by atoms with van der Waals surface area (Å²) in [5.41, 5.74) is 2.78. The number of hydrogen-bond acceptors (Lipinski definition) is 4. The van der Waals surface area contributed by atoms with Crippen LogP contribution in [0.4, 0.5) is 0 Å². The standard InChI is InChI=1S/C21H17N3O2S/c1-15-6-5-9-18-19(15)23-21(27(26)14-16-10-12-22-13-11-16)24(20(18)25)17-7-3-2-4-8-17/h2-13H,14H2,1H3. The van der Waals surface area contributed by atoms with Crippen LogP contribution in [0, 0.1) is 6.92 Å². The van der Waals surface area contributed by atoms with Gasteiger partial charge in [0.2, 0.25) is 5.16 Å². The van der Waals surface area contributed by atoms with Gasteiger partial charge in [0.1, 0.15) is 0 Å². The van der Waals surface area contributed by atoms with Crippen LogP contribution in [0.25, 0.3) is 16.6 Å². The van der Waals surface area contributed by atoms with Gasteiger partial charge in [-0.25, -0.2) is 4.98 Å². The summed E-state index contributed by atoms with van der Waals surface area (Å²) in [6.45, 7) is 1.90. The van der Waals surface area contributed by atoms with E-state index in [2.05, 4.69) is 9.97 Å². The largest absolute Gasteiger partial charge is 0.268 e. The van der Waals surface area contributed by atoms with Crippen molar-refractivity contribution in [3.8, 4) is 5.69 Å². The Labute approximate surface area is 158 Å². The topological polar surface area (TPSA) is 64.8 Å². The van der Waals surface area contributed by atoms with Gasteiger partial charge in [0.25, 0.3) is 5.56 Å². The summed E-state index contributed by atoms with van der Waals surface area (Å²) in [4.78, 5) is 21.9. The maximum absolute atomic E-state index is 13.2. The van der Waals surface area contributed by atoms with Crippen LogP contribution in [0.1, 0.15) is 11.1 Å². The average molecular weight is 375 g/mol. The van der Waals surface area contributed by atoms with Gasteiger partial charge < -0.3 is 0 Å².